The second-order valence-electron chi connectivity index (χ2n) is 6.00. The lowest BCUT2D eigenvalue weighted by Gasteiger charge is -2.35. The molecule has 128 valence electrons. The van der Waals surface area contributed by atoms with Crippen LogP contribution in [0.5, 0.6) is 5.75 Å². The van der Waals surface area contributed by atoms with E-state index in [1.807, 2.05) is 23.1 Å². The first-order valence-corrected chi connectivity index (χ1v) is 9.85. The fourth-order valence-electron chi connectivity index (χ4n) is 3.25. The van der Waals surface area contributed by atoms with E-state index in [1.54, 1.807) is 6.20 Å². The molecule has 1 atom stereocenters. The van der Waals surface area contributed by atoms with Gasteiger partial charge in [-0.3, -0.25) is 9.78 Å². The SMILES string of the molecule is CC[C@@H]1CCCCN1C(=O)COc1c(Br)cc(Br)c2cccnc12. The van der Waals surface area contributed by atoms with Crippen LogP contribution in [-0.2, 0) is 4.79 Å². The minimum Gasteiger partial charge on any atom is -0.480 e. The number of amides is 1. The summed E-state index contributed by atoms with van der Waals surface area (Å²) in [6.07, 6.45) is 6.10. The van der Waals surface area contributed by atoms with Gasteiger partial charge in [-0.15, -0.1) is 0 Å². The van der Waals surface area contributed by atoms with E-state index in [0.29, 0.717) is 11.8 Å². The van der Waals surface area contributed by atoms with Gasteiger partial charge in [0.15, 0.2) is 12.4 Å². The maximum atomic E-state index is 12.6. The quantitative estimate of drug-likeness (QED) is 0.656. The van der Waals surface area contributed by atoms with Crippen LogP contribution in [0.1, 0.15) is 32.6 Å². The fourth-order valence-corrected chi connectivity index (χ4v) is 4.64. The molecule has 0 radical (unpaired) electrons. The van der Waals surface area contributed by atoms with Crippen LogP contribution in [0.25, 0.3) is 10.9 Å². The topological polar surface area (TPSA) is 42.4 Å². The third kappa shape index (κ3) is 3.59. The van der Waals surface area contributed by atoms with Crippen molar-refractivity contribution in [2.24, 2.45) is 0 Å². The molecule has 0 spiro atoms. The Balaban J connectivity index is 1.79. The highest BCUT2D eigenvalue weighted by atomic mass is 79.9. The molecule has 3 rings (SSSR count). The number of hydrogen-bond acceptors (Lipinski definition) is 3. The third-order valence-corrected chi connectivity index (χ3v) is 5.75. The molecule has 1 aliphatic heterocycles. The van der Waals surface area contributed by atoms with Crippen molar-refractivity contribution in [2.75, 3.05) is 13.2 Å². The molecule has 2 aromatic rings. The normalized spacial score (nSPS) is 18.0. The summed E-state index contributed by atoms with van der Waals surface area (Å²) in [7, 11) is 0. The standard InChI is InChI=1S/C18H20Br2N2O2/c1-2-12-6-3-4-9-22(12)16(23)11-24-18-15(20)10-14(19)13-7-5-8-21-17(13)18/h5,7-8,10,12H,2-4,6,9,11H2,1H3/t12-/m1/s1. The molecule has 1 aliphatic rings. The van der Waals surface area contributed by atoms with Crippen molar-refractivity contribution >= 4 is 48.7 Å². The lowest BCUT2D eigenvalue weighted by atomic mass is 10.00. The monoisotopic (exact) mass is 454 g/mol. The molecule has 6 heteroatoms. The Labute approximate surface area is 158 Å². The summed E-state index contributed by atoms with van der Waals surface area (Å²) < 4.78 is 7.63. The average Bonchev–Trinajstić information content (AvgIpc) is 2.61. The van der Waals surface area contributed by atoms with Crippen LogP contribution in [0.3, 0.4) is 0 Å². The number of aromatic nitrogens is 1. The number of carbonyl (C=O) groups is 1. The zero-order valence-electron chi connectivity index (χ0n) is 13.6. The molecule has 0 aliphatic carbocycles. The molecule has 1 aromatic heterocycles. The minimum atomic E-state index is 0.0441. The van der Waals surface area contributed by atoms with Crippen LogP contribution in [0.4, 0.5) is 0 Å². The van der Waals surface area contributed by atoms with Crippen LogP contribution < -0.4 is 4.74 Å². The van der Waals surface area contributed by atoms with Crippen molar-refractivity contribution in [3.05, 3.63) is 33.3 Å². The zero-order chi connectivity index (χ0) is 17.1. The van der Waals surface area contributed by atoms with Crippen molar-refractivity contribution in [3.63, 3.8) is 0 Å². The molecule has 1 fully saturated rings. The summed E-state index contributed by atoms with van der Waals surface area (Å²) in [5.41, 5.74) is 0.747. The summed E-state index contributed by atoms with van der Waals surface area (Å²) in [5, 5.41) is 0.965. The van der Waals surface area contributed by atoms with Gasteiger partial charge in [0.1, 0.15) is 5.52 Å². The predicted molar refractivity (Wildman–Crippen MR) is 102 cm³/mol. The number of pyridine rings is 1. The summed E-state index contributed by atoms with van der Waals surface area (Å²) in [6, 6.07) is 6.14. The molecule has 0 saturated carbocycles. The Hall–Kier alpha value is -1.14. The van der Waals surface area contributed by atoms with Gasteiger partial charge in [-0.1, -0.05) is 28.9 Å². The van der Waals surface area contributed by atoms with Crippen LogP contribution >= 0.6 is 31.9 Å². The summed E-state index contributed by atoms with van der Waals surface area (Å²) >= 11 is 7.06. The molecular formula is C18H20Br2N2O2. The van der Waals surface area contributed by atoms with Gasteiger partial charge < -0.3 is 9.64 Å². The van der Waals surface area contributed by atoms with Crippen molar-refractivity contribution in [1.82, 2.24) is 9.88 Å². The highest BCUT2D eigenvalue weighted by Crippen LogP contribution is 2.37. The number of likely N-dealkylation sites (tertiary alicyclic amines) is 1. The number of ether oxygens (including phenoxy) is 1. The molecule has 0 N–H and O–H groups in total. The van der Waals surface area contributed by atoms with E-state index >= 15 is 0 Å². The Morgan fingerprint density at radius 1 is 1.38 bits per heavy atom. The Kier molecular flexibility index (Phi) is 5.76. The first-order chi connectivity index (χ1) is 11.6. The van der Waals surface area contributed by atoms with E-state index in [-0.39, 0.29) is 12.5 Å². The number of benzene rings is 1. The average molecular weight is 456 g/mol. The van der Waals surface area contributed by atoms with Gasteiger partial charge in [0.25, 0.3) is 5.91 Å². The molecule has 2 heterocycles. The third-order valence-electron chi connectivity index (χ3n) is 4.51. The van der Waals surface area contributed by atoms with Crippen LogP contribution in [0.15, 0.2) is 33.3 Å². The molecule has 0 unspecified atom stereocenters. The Morgan fingerprint density at radius 2 is 2.21 bits per heavy atom. The molecule has 1 amide bonds. The van der Waals surface area contributed by atoms with Gasteiger partial charge >= 0.3 is 0 Å². The lowest BCUT2D eigenvalue weighted by Crippen LogP contribution is -2.45. The summed E-state index contributed by atoms with van der Waals surface area (Å²) in [6.45, 7) is 3.02. The number of carbonyl (C=O) groups excluding carboxylic acids is 1. The number of rotatable bonds is 4. The van der Waals surface area contributed by atoms with Crippen molar-refractivity contribution < 1.29 is 9.53 Å². The highest BCUT2D eigenvalue weighted by molar-refractivity contribution is 9.11. The van der Waals surface area contributed by atoms with E-state index in [9.17, 15) is 4.79 Å². The smallest absolute Gasteiger partial charge is 0.260 e. The predicted octanol–water partition coefficient (Wildman–Crippen LogP) is 4.93. The number of halogens is 2. The highest BCUT2D eigenvalue weighted by Gasteiger charge is 2.26. The van der Waals surface area contributed by atoms with Crippen molar-refractivity contribution in [3.8, 4) is 5.75 Å². The number of nitrogens with zero attached hydrogens (tertiary/aromatic N) is 2. The van der Waals surface area contributed by atoms with Gasteiger partial charge in [-0.2, -0.15) is 0 Å². The van der Waals surface area contributed by atoms with Gasteiger partial charge in [0.2, 0.25) is 0 Å². The molecule has 1 saturated heterocycles. The molecule has 0 bridgehead atoms. The maximum absolute atomic E-state index is 12.6. The van der Waals surface area contributed by atoms with Gasteiger partial charge in [0.05, 0.1) is 4.47 Å². The zero-order valence-corrected chi connectivity index (χ0v) is 16.8. The van der Waals surface area contributed by atoms with Crippen molar-refractivity contribution in [1.29, 1.82) is 0 Å². The maximum Gasteiger partial charge on any atom is 0.260 e. The first-order valence-electron chi connectivity index (χ1n) is 8.26. The number of hydrogen-bond donors (Lipinski definition) is 0. The number of fused-ring (bicyclic) bond motifs is 1. The van der Waals surface area contributed by atoms with E-state index < -0.39 is 0 Å². The molecule has 24 heavy (non-hydrogen) atoms. The van der Waals surface area contributed by atoms with Crippen LogP contribution in [0.2, 0.25) is 0 Å². The molecular weight excluding hydrogens is 436 g/mol. The molecule has 1 aromatic carbocycles. The fraction of sp³-hybridized carbons (Fsp3) is 0.444. The van der Waals surface area contributed by atoms with Crippen molar-refractivity contribution in [2.45, 2.75) is 38.6 Å². The van der Waals surface area contributed by atoms with E-state index in [1.165, 1.54) is 6.42 Å². The van der Waals surface area contributed by atoms with Gasteiger partial charge in [0, 0.05) is 28.6 Å². The molecule has 4 nitrogen and oxygen atoms in total. The number of piperidine rings is 1. The van der Waals surface area contributed by atoms with E-state index in [4.69, 9.17) is 4.74 Å². The second-order valence-corrected chi connectivity index (χ2v) is 7.71. The summed E-state index contributed by atoms with van der Waals surface area (Å²) in [4.78, 5) is 19.0. The van der Waals surface area contributed by atoms with Crippen LogP contribution in [-0.4, -0.2) is 35.0 Å². The Bertz CT molecular complexity index is 751. The van der Waals surface area contributed by atoms with Gasteiger partial charge in [-0.05, 0) is 53.7 Å². The van der Waals surface area contributed by atoms with Gasteiger partial charge in [-0.25, -0.2) is 0 Å². The largest absolute Gasteiger partial charge is 0.480 e. The van der Waals surface area contributed by atoms with E-state index in [0.717, 1.165) is 45.7 Å². The minimum absolute atomic E-state index is 0.0441. The summed E-state index contributed by atoms with van der Waals surface area (Å²) in [5.74, 6) is 0.674. The Morgan fingerprint density at radius 3 is 3.00 bits per heavy atom. The van der Waals surface area contributed by atoms with Crippen LogP contribution in [0, 0.1) is 0 Å². The van der Waals surface area contributed by atoms with E-state index in [2.05, 4.69) is 43.8 Å². The first kappa shape index (κ1) is 17.7. The second kappa shape index (κ2) is 7.83. The lowest BCUT2D eigenvalue weighted by molar-refractivity contribution is -0.137.